The second-order valence-electron chi connectivity index (χ2n) is 7.78. The zero-order valence-electron chi connectivity index (χ0n) is 16.4. The van der Waals surface area contributed by atoms with E-state index in [1.807, 2.05) is 51.1 Å². The molecule has 0 aliphatic carbocycles. The molecule has 1 aliphatic heterocycles. The molecule has 0 unspecified atom stereocenters. The fourth-order valence-corrected chi connectivity index (χ4v) is 3.12. The molecular weight excluding hydrogens is 360 g/mol. The Labute approximate surface area is 164 Å². The fraction of sp³-hybridized carbons (Fsp3) is 0.450. The van der Waals surface area contributed by atoms with Crippen LogP contribution in [0, 0.1) is 0 Å². The van der Waals surface area contributed by atoms with Gasteiger partial charge in [0.1, 0.15) is 5.60 Å². The Morgan fingerprint density at radius 1 is 1.25 bits per heavy atom. The molecule has 0 radical (unpaired) electrons. The first kappa shape index (κ1) is 19.7. The summed E-state index contributed by atoms with van der Waals surface area (Å²) < 4.78 is 7.24. The van der Waals surface area contributed by atoms with Gasteiger partial charge in [-0.05, 0) is 32.9 Å². The first-order valence-corrected chi connectivity index (χ1v) is 9.33. The van der Waals surface area contributed by atoms with E-state index in [4.69, 9.17) is 9.84 Å². The van der Waals surface area contributed by atoms with Gasteiger partial charge in [-0.2, -0.15) is 5.10 Å². The summed E-state index contributed by atoms with van der Waals surface area (Å²) in [6, 6.07) is 9.62. The van der Waals surface area contributed by atoms with Gasteiger partial charge in [0.05, 0.1) is 19.5 Å². The highest BCUT2D eigenvalue weighted by Crippen LogP contribution is 2.29. The van der Waals surface area contributed by atoms with Crippen molar-refractivity contribution in [3.05, 3.63) is 41.6 Å². The number of nitrogens with zero attached hydrogens (tertiary/aromatic N) is 3. The van der Waals surface area contributed by atoms with Crippen LogP contribution in [0.15, 0.2) is 30.3 Å². The number of nitrogens with one attached hydrogen (secondary N) is 1. The molecule has 0 atom stereocenters. The summed E-state index contributed by atoms with van der Waals surface area (Å²) in [6.45, 7) is 6.68. The third kappa shape index (κ3) is 4.82. The lowest BCUT2D eigenvalue weighted by atomic mass is 10.1. The summed E-state index contributed by atoms with van der Waals surface area (Å²) >= 11 is 0. The van der Waals surface area contributed by atoms with Crippen molar-refractivity contribution in [3.63, 3.8) is 0 Å². The molecule has 2 aromatic rings. The first-order chi connectivity index (χ1) is 13.2. The maximum Gasteiger partial charge on any atom is 0.410 e. The first-order valence-electron chi connectivity index (χ1n) is 9.33. The molecule has 150 valence electrons. The van der Waals surface area contributed by atoms with Crippen LogP contribution in [-0.2, 0) is 29.0 Å². The highest BCUT2D eigenvalue weighted by Gasteiger charge is 2.30. The number of para-hydroxylation sites is 1. The molecule has 0 bridgehead atoms. The van der Waals surface area contributed by atoms with Crippen molar-refractivity contribution in [2.45, 2.75) is 52.3 Å². The van der Waals surface area contributed by atoms with Gasteiger partial charge in [0.25, 0.3) is 0 Å². The molecule has 8 heteroatoms. The van der Waals surface area contributed by atoms with E-state index < -0.39 is 11.6 Å². The number of amides is 1. The van der Waals surface area contributed by atoms with E-state index in [-0.39, 0.29) is 12.5 Å². The number of rotatable bonds is 5. The number of hydrogen-bond donors (Lipinski definition) is 2. The van der Waals surface area contributed by atoms with Gasteiger partial charge in [-0.15, -0.1) is 0 Å². The quantitative estimate of drug-likeness (QED) is 0.818. The zero-order chi connectivity index (χ0) is 20.3. The Bertz CT molecular complexity index is 855. The molecule has 1 aromatic heterocycles. The van der Waals surface area contributed by atoms with Crippen LogP contribution < -0.4 is 5.32 Å². The predicted octanol–water partition coefficient (Wildman–Crippen LogP) is 3.39. The molecule has 2 N–H and O–H groups in total. The van der Waals surface area contributed by atoms with E-state index in [2.05, 4.69) is 10.4 Å². The van der Waals surface area contributed by atoms with Crippen molar-refractivity contribution in [1.29, 1.82) is 0 Å². The number of aliphatic carboxylic acids is 1. The Kier molecular flexibility index (Phi) is 5.58. The fourth-order valence-electron chi connectivity index (χ4n) is 3.12. The van der Waals surface area contributed by atoms with Crippen molar-refractivity contribution in [3.8, 4) is 0 Å². The van der Waals surface area contributed by atoms with Crippen LogP contribution in [0.3, 0.4) is 0 Å². The number of aromatic nitrogens is 2. The average Bonchev–Trinajstić information content (AvgIpc) is 2.96. The number of fused-ring (bicyclic) bond motifs is 1. The number of anilines is 2. The Hall–Kier alpha value is -3.03. The van der Waals surface area contributed by atoms with E-state index >= 15 is 0 Å². The number of hydrogen-bond acceptors (Lipinski definition) is 5. The second-order valence-corrected chi connectivity index (χ2v) is 7.78. The summed E-state index contributed by atoms with van der Waals surface area (Å²) in [5.41, 5.74) is 2.17. The predicted molar refractivity (Wildman–Crippen MR) is 105 cm³/mol. The molecule has 1 amide bonds. The number of ether oxygens (including phenoxy) is 1. The molecule has 0 fully saturated rings. The summed E-state index contributed by atoms with van der Waals surface area (Å²) in [5.74, 6) is -0.229. The largest absolute Gasteiger partial charge is 0.481 e. The van der Waals surface area contributed by atoms with Crippen LogP contribution in [0.4, 0.5) is 16.3 Å². The molecule has 0 saturated carbocycles. The zero-order valence-corrected chi connectivity index (χ0v) is 16.4. The number of benzene rings is 1. The van der Waals surface area contributed by atoms with Crippen molar-refractivity contribution in [2.75, 3.05) is 11.9 Å². The number of carboxylic acids is 1. The summed E-state index contributed by atoms with van der Waals surface area (Å²) in [6.07, 6.45) is 0.230. The van der Waals surface area contributed by atoms with Crippen LogP contribution in [0.25, 0.3) is 0 Å². The van der Waals surface area contributed by atoms with Crippen molar-refractivity contribution in [1.82, 2.24) is 14.7 Å². The maximum atomic E-state index is 12.5. The topological polar surface area (TPSA) is 96.7 Å². The van der Waals surface area contributed by atoms with Crippen molar-refractivity contribution < 1.29 is 19.4 Å². The monoisotopic (exact) mass is 386 g/mol. The van der Waals surface area contributed by atoms with E-state index in [0.717, 1.165) is 16.9 Å². The third-order valence-electron chi connectivity index (χ3n) is 4.36. The molecule has 2 heterocycles. The van der Waals surface area contributed by atoms with Crippen LogP contribution in [0.2, 0.25) is 0 Å². The van der Waals surface area contributed by atoms with E-state index in [9.17, 15) is 9.59 Å². The minimum atomic E-state index is -0.868. The molecule has 0 spiro atoms. The number of carbonyl (C=O) groups is 2. The van der Waals surface area contributed by atoms with Gasteiger partial charge in [-0.1, -0.05) is 18.2 Å². The number of carboxylic acid groups (broad SMARTS) is 1. The second kappa shape index (κ2) is 7.92. The van der Waals surface area contributed by atoms with Gasteiger partial charge in [0, 0.05) is 29.9 Å². The number of carbonyl (C=O) groups excluding carboxylic acids is 1. The molecule has 1 aliphatic rings. The van der Waals surface area contributed by atoms with Gasteiger partial charge >= 0.3 is 12.1 Å². The minimum absolute atomic E-state index is 0.00528. The van der Waals surface area contributed by atoms with Crippen molar-refractivity contribution >= 4 is 23.6 Å². The van der Waals surface area contributed by atoms with Gasteiger partial charge < -0.3 is 20.1 Å². The van der Waals surface area contributed by atoms with E-state index in [0.29, 0.717) is 31.9 Å². The highest BCUT2D eigenvalue weighted by atomic mass is 16.6. The lowest BCUT2D eigenvalue weighted by molar-refractivity contribution is -0.137. The number of aryl methyl sites for hydroxylation is 1. The molecule has 3 rings (SSSR count). The smallest absolute Gasteiger partial charge is 0.410 e. The van der Waals surface area contributed by atoms with Crippen LogP contribution in [-0.4, -0.2) is 44.0 Å². The normalized spacial score (nSPS) is 13.8. The Balaban J connectivity index is 1.86. The van der Waals surface area contributed by atoms with Gasteiger partial charge in [0.15, 0.2) is 5.82 Å². The minimum Gasteiger partial charge on any atom is -0.481 e. The summed E-state index contributed by atoms with van der Waals surface area (Å²) in [4.78, 5) is 25.1. The molecule has 8 nitrogen and oxygen atoms in total. The van der Waals surface area contributed by atoms with Crippen LogP contribution in [0.5, 0.6) is 0 Å². The molecular formula is C20H26N4O4. The maximum absolute atomic E-state index is 12.5. The van der Waals surface area contributed by atoms with E-state index in [1.165, 1.54) is 0 Å². The SMILES string of the molecule is CC(C)(C)OC(=O)N1CCc2c(c(Nc3ccccc3)nn2CCC(=O)O)C1. The molecule has 1 aromatic carbocycles. The van der Waals surface area contributed by atoms with Gasteiger partial charge in [-0.25, -0.2) is 4.79 Å². The Morgan fingerprint density at radius 2 is 1.96 bits per heavy atom. The van der Waals surface area contributed by atoms with Gasteiger partial charge in [0.2, 0.25) is 0 Å². The van der Waals surface area contributed by atoms with Crippen LogP contribution >= 0.6 is 0 Å². The standard InChI is InChI=1S/C20H26N4O4/c1-20(2,3)28-19(27)23-11-9-16-15(13-23)18(21-14-7-5-4-6-8-14)22-24(16)12-10-17(25)26/h4-8H,9-13H2,1-3H3,(H,21,22)(H,25,26). The van der Waals surface area contributed by atoms with Crippen molar-refractivity contribution in [2.24, 2.45) is 0 Å². The summed E-state index contributed by atoms with van der Waals surface area (Å²) in [5, 5.41) is 16.9. The third-order valence-corrected chi connectivity index (χ3v) is 4.36. The highest BCUT2D eigenvalue weighted by molar-refractivity contribution is 5.70. The Morgan fingerprint density at radius 3 is 2.61 bits per heavy atom. The van der Waals surface area contributed by atoms with Gasteiger partial charge in [-0.3, -0.25) is 9.48 Å². The molecule has 28 heavy (non-hydrogen) atoms. The van der Waals surface area contributed by atoms with E-state index in [1.54, 1.807) is 9.58 Å². The average molecular weight is 386 g/mol. The summed E-state index contributed by atoms with van der Waals surface area (Å²) in [7, 11) is 0. The lowest BCUT2D eigenvalue weighted by Gasteiger charge is -2.30. The van der Waals surface area contributed by atoms with Crippen LogP contribution in [0.1, 0.15) is 38.4 Å². The lowest BCUT2D eigenvalue weighted by Crippen LogP contribution is -2.40. The molecule has 0 saturated heterocycles.